The van der Waals surface area contributed by atoms with Gasteiger partial charge in [-0.05, 0) is 44.2 Å². The molecule has 0 aliphatic carbocycles. The molecular weight excluding hydrogens is 194 g/mol. The standard InChI is InChI=1S/C12H24ClN/c1-10(2)5-4-7-14-8-6-11(3)12(14)9-13/h10-12H,4-9H2,1-3H3. The zero-order valence-electron chi connectivity index (χ0n) is 9.80. The zero-order chi connectivity index (χ0) is 10.6. The Balaban J connectivity index is 2.23. The van der Waals surface area contributed by atoms with Crippen molar-refractivity contribution < 1.29 is 0 Å². The Labute approximate surface area is 93.8 Å². The molecule has 0 aromatic carbocycles. The van der Waals surface area contributed by atoms with E-state index in [0.717, 1.165) is 17.7 Å². The second kappa shape index (κ2) is 5.97. The molecule has 0 radical (unpaired) electrons. The van der Waals surface area contributed by atoms with Gasteiger partial charge in [0.25, 0.3) is 0 Å². The van der Waals surface area contributed by atoms with Crippen LogP contribution in [0.3, 0.4) is 0 Å². The Morgan fingerprint density at radius 3 is 2.71 bits per heavy atom. The van der Waals surface area contributed by atoms with Gasteiger partial charge in [0.2, 0.25) is 0 Å². The van der Waals surface area contributed by atoms with Gasteiger partial charge in [0.15, 0.2) is 0 Å². The zero-order valence-corrected chi connectivity index (χ0v) is 10.6. The van der Waals surface area contributed by atoms with Crippen LogP contribution in [-0.4, -0.2) is 29.9 Å². The van der Waals surface area contributed by atoms with Crippen molar-refractivity contribution in [2.45, 2.75) is 46.1 Å². The molecule has 0 aromatic rings. The highest BCUT2D eigenvalue weighted by Gasteiger charge is 2.29. The number of alkyl halides is 1. The molecule has 0 spiro atoms. The largest absolute Gasteiger partial charge is 0.299 e. The fourth-order valence-corrected chi connectivity index (χ4v) is 2.82. The third kappa shape index (κ3) is 3.43. The van der Waals surface area contributed by atoms with E-state index in [9.17, 15) is 0 Å². The molecule has 1 saturated heterocycles. The first-order valence-corrected chi connectivity index (χ1v) is 6.48. The van der Waals surface area contributed by atoms with E-state index < -0.39 is 0 Å². The van der Waals surface area contributed by atoms with Crippen LogP contribution in [0.1, 0.15) is 40.0 Å². The van der Waals surface area contributed by atoms with Crippen LogP contribution >= 0.6 is 11.6 Å². The Morgan fingerprint density at radius 1 is 1.43 bits per heavy atom. The number of likely N-dealkylation sites (tertiary alicyclic amines) is 1. The van der Waals surface area contributed by atoms with E-state index in [1.54, 1.807) is 0 Å². The summed E-state index contributed by atoms with van der Waals surface area (Å²) in [6.07, 6.45) is 4.01. The molecule has 0 bridgehead atoms. The molecular formula is C12H24ClN. The summed E-state index contributed by atoms with van der Waals surface area (Å²) in [5.74, 6) is 2.44. The van der Waals surface area contributed by atoms with Gasteiger partial charge in [-0.25, -0.2) is 0 Å². The smallest absolute Gasteiger partial charge is 0.0382 e. The van der Waals surface area contributed by atoms with Gasteiger partial charge in [-0.15, -0.1) is 11.6 Å². The summed E-state index contributed by atoms with van der Waals surface area (Å²) in [7, 11) is 0. The minimum atomic E-state index is 0.642. The number of nitrogens with zero attached hydrogens (tertiary/aromatic N) is 1. The van der Waals surface area contributed by atoms with E-state index in [1.165, 1.54) is 32.4 Å². The van der Waals surface area contributed by atoms with Gasteiger partial charge in [-0.1, -0.05) is 20.8 Å². The third-order valence-electron chi connectivity index (χ3n) is 3.38. The van der Waals surface area contributed by atoms with E-state index in [-0.39, 0.29) is 0 Å². The highest BCUT2D eigenvalue weighted by molar-refractivity contribution is 6.18. The number of rotatable bonds is 5. The highest BCUT2D eigenvalue weighted by Crippen LogP contribution is 2.25. The van der Waals surface area contributed by atoms with Crippen LogP contribution in [0.5, 0.6) is 0 Å². The predicted octanol–water partition coefficient (Wildman–Crippen LogP) is 3.37. The molecule has 0 aromatic heterocycles. The molecule has 0 saturated carbocycles. The summed E-state index contributed by atoms with van der Waals surface area (Å²) in [6, 6.07) is 0.642. The van der Waals surface area contributed by atoms with Crippen molar-refractivity contribution in [2.24, 2.45) is 11.8 Å². The summed E-state index contributed by atoms with van der Waals surface area (Å²) >= 11 is 6.00. The van der Waals surface area contributed by atoms with Crippen LogP contribution in [-0.2, 0) is 0 Å². The predicted molar refractivity (Wildman–Crippen MR) is 63.9 cm³/mol. The molecule has 84 valence electrons. The Kier molecular flexibility index (Phi) is 5.25. The quantitative estimate of drug-likeness (QED) is 0.639. The summed E-state index contributed by atoms with van der Waals surface area (Å²) in [4.78, 5) is 2.58. The Hall–Kier alpha value is 0.250. The van der Waals surface area contributed by atoms with E-state index >= 15 is 0 Å². The van der Waals surface area contributed by atoms with Gasteiger partial charge in [0, 0.05) is 11.9 Å². The van der Waals surface area contributed by atoms with E-state index in [2.05, 4.69) is 25.7 Å². The fraction of sp³-hybridized carbons (Fsp3) is 1.00. The van der Waals surface area contributed by atoms with Crippen molar-refractivity contribution in [3.8, 4) is 0 Å². The van der Waals surface area contributed by atoms with Crippen LogP contribution in [0.15, 0.2) is 0 Å². The van der Waals surface area contributed by atoms with Gasteiger partial charge in [-0.2, -0.15) is 0 Å². The van der Waals surface area contributed by atoms with E-state index in [4.69, 9.17) is 11.6 Å². The molecule has 2 heteroatoms. The topological polar surface area (TPSA) is 3.24 Å². The molecule has 1 heterocycles. The molecule has 2 unspecified atom stereocenters. The van der Waals surface area contributed by atoms with Crippen molar-refractivity contribution in [1.82, 2.24) is 4.90 Å². The normalized spacial score (nSPS) is 28.9. The Morgan fingerprint density at radius 2 is 2.14 bits per heavy atom. The van der Waals surface area contributed by atoms with Gasteiger partial charge in [0.05, 0.1) is 0 Å². The fourth-order valence-electron chi connectivity index (χ4n) is 2.32. The second-order valence-corrected chi connectivity index (χ2v) is 5.37. The molecule has 0 N–H and O–H groups in total. The molecule has 14 heavy (non-hydrogen) atoms. The number of hydrogen-bond acceptors (Lipinski definition) is 1. The first kappa shape index (κ1) is 12.3. The summed E-state index contributed by atoms with van der Waals surface area (Å²) in [5, 5.41) is 0. The van der Waals surface area contributed by atoms with Crippen LogP contribution in [0.2, 0.25) is 0 Å². The van der Waals surface area contributed by atoms with Crippen LogP contribution in [0.25, 0.3) is 0 Å². The lowest BCUT2D eigenvalue weighted by Gasteiger charge is -2.25. The maximum atomic E-state index is 6.00. The van der Waals surface area contributed by atoms with Crippen molar-refractivity contribution >= 4 is 11.6 Å². The molecule has 1 aliphatic heterocycles. The lowest BCUT2D eigenvalue weighted by atomic mass is 10.0. The van der Waals surface area contributed by atoms with E-state index in [0.29, 0.717) is 6.04 Å². The molecule has 1 fully saturated rings. The first-order valence-electron chi connectivity index (χ1n) is 5.95. The van der Waals surface area contributed by atoms with Crippen molar-refractivity contribution in [2.75, 3.05) is 19.0 Å². The average molecular weight is 218 g/mol. The molecule has 0 amide bonds. The van der Waals surface area contributed by atoms with Crippen molar-refractivity contribution in [3.63, 3.8) is 0 Å². The van der Waals surface area contributed by atoms with Crippen LogP contribution in [0, 0.1) is 11.8 Å². The lowest BCUT2D eigenvalue weighted by molar-refractivity contribution is 0.241. The molecule has 1 aliphatic rings. The number of halogens is 1. The van der Waals surface area contributed by atoms with Gasteiger partial charge >= 0.3 is 0 Å². The minimum Gasteiger partial charge on any atom is -0.299 e. The van der Waals surface area contributed by atoms with Crippen LogP contribution in [0.4, 0.5) is 0 Å². The SMILES string of the molecule is CC(C)CCCN1CCC(C)C1CCl. The summed E-state index contributed by atoms with van der Waals surface area (Å²) in [6.45, 7) is 9.43. The third-order valence-corrected chi connectivity index (χ3v) is 3.70. The Bertz CT molecular complexity index is 158. The maximum Gasteiger partial charge on any atom is 0.0382 e. The minimum absolute atomic E-state index is 0.642. The number of hydrogen-bond donors (Lipinski definition) is 0. The van der Waals surface area contributed by atoms with Gasteiger partial charge in [0.1, 0.15) is 0 Å². The highest BCUT2D eigenvalue weighted by atomic mass is 35.5. The lowest BCUT2D eigenvalue weighted by Crippen LogP contribution is -2.34. The molecule has 1 rings (SSSR count). The van der Waals surface area contributed by atoms with Crippen molar-refractivity contribution in [3.05, 3.63) is 0 Å². The monoisotopic (exact) mass is 217 g/mol. The summed E-state index contributed by atoms with van der Waals surface area (Å²) in [5.41, 5.74) is 0. The molecule has 2 atom stereocenters. The maximum absolute atomic E-state index is 6.00. The van der Waals surface area contributed by atoms with Gasteiger partial charge < -0.3 is 0 Å². The van der Waals surface area contributed by atoms with Crippen molar-refractivity contribution in [1.29, 1.82) is 0 Å². The van der Waals surface area contributed by atoms with Gasteiger partial charge in [-0.3, -0.25) is 4.90 Å². The first-order chi connectivity index (χ1) is 6.65. The van der Waals surface area contributed by atoms with Crippen LogP contribution < -0.4 is 0 Å². The summed E-state index contributed by atoms with van der Waals surface area (Å²) < 4.78 is 0. The average Bonchev–Trinajstić information content (AvgIpc) is 2.46. The van der Waals surface area contributed by atoms with E-state index in [1.807, 2.05) is 0 Å². The second-order valence-electron chi connectivity index (χ2n) is 5.06. The molecule has 1 nitrogen and oxygen atoms in total.